The fourth-order valence-corrected chi connectivity index (χ4v) is 2.26. The third-order valence-corrected chi connectivity index (χ3v) is 3.44. The molecule has 2 heteroatoms. The maximum absolute atomic E-state index is 11.0. The monoisotopic (exact) mass is 282 g/mol. The van der Waals surface area contributed by atoms with Gasteiger partial charge in [-0.05, 0) is 29.2 Å². The largest absolute Gasteiger partial charge is 0.493 e. The minimum Gasteiger partial charge on any atom is -0.493 e. The molecule has 0 aliphatic carbocycles. The molecule has 0 heterocycles. The molecule has 0 saturated carbocycles. The second-order valence-corrected chi connectivity index (χ2v) is 6.21. The van der Waals surface area contributed by atoms with Gasteiger partial charge in [-0.15, -0.1) is 0 Å². The molecule has 0 aliphatic heterocycles. The van der Waals surface area contributed by atoms with E-state index in [1.165, 1.54) is 5.56 Å². The summed E-state index contributed by atoms with van der Waals surface area (Å²) in [6, 6.07) is 15.9. The van der Waals surface area contributed by atoms with Gasteiger partial charge in [0.2, 0.25) is 0 Å². The molecule has 0 bridgehead atoms. The molecule has 0 spiro atoms. The fourth-order valence-electron chi connectivity index (χ4n) is 2.26. The van der Waals surface area contributed by atoms with Crippen molar-refractivity contribution in [2.24, 2.45) is 0 Å². The van der Waals surface area contributed by atoms with Crippen molar-refractivity contribution in [1.29, 1.82) is 0 Å². The van der Waals surface area contributed by atoms with Gasteiger partial charge in [-0.1, -0.05) is 51.1 Å². The van der Waals surface area contributed by atoms with Gasteiger partial charge in [0.15, 0.2) is 0 Å². The van der Waals surface area contributed by atoms with Gasteiger partial charge in [0.05, 0.1) is 6.61 Å². The summed E-state index contributed by atoms with van der Waals surface area (Å²) >= 11 is 0. The Morgan fingerprint density at radius 3 is 2.38 bits per heavy atom. The fraction of sp³-hybridized carbons (Fsp3) is 0.316. The van der Waals surface area contributed by atoms with Crippen LogP contribution in [0.2, 0.25) is 0 Å². The van der Waals surface area contributed by atoms with Gasteiger partial charge in [-0.25, -0.2) is 0 Å². The summed E-state index contributed by atoms with van der Waals surface area (Å²) in [7, 11) is 0. The maximum Gasteiger partial charge on any atom is 0.150 e. The molecule has 0 unspecified atom stereocenters. The number of ether oxygens (including phenoxy) is 1. The average molecular weight is 282 g/mol. The molecule has 0 aromatic heterocycles. The molecule has 2 aromatic rings. The third-order valence-electron chi connectivity index (χ3n) is 3.44. The highest BCUT2D eigenvalue weighted by Crippen LogP contribution is 2.32. The standard InChI is InChI=1S/C19H22O2/c1-19(2,3)17-13-16(14-20)9-10-18(17)21-12-11-15-7-5-4-6-8-15/h4-10,13-14H,11-12H2,1-3H3. The molecule has 110 valence electrons. The highest BCUT2D eigenvalue weighted by molar-refractivity contribution is 5.76. The Balaban J connectivity index is 2.10. The summed E-state index contributed by atoms with van der Waals surface area (Å²) < 4.78 is 5.95. The summed E-state index contributed by atoms with van der Waals surface area (Å²) in [4.78, 5) is 11.0. The van der Waals surface area contributed by atoms with E-state index in [0.717, 1.165) is 24.0 Å². The smallest absolute Gasteiger partial charge is 0.150 e. The van der Waals surface area contributed by atoms with Crippen molar-refractivity contribution in [1.82, 2.24) is 0 Å². The molecule has 0 atom stereocenters. The Labute approximate surface area is 126 Å². The van der Waals surface area contributed by atoms with E-state index >= 15 is 0 Å². The molecule has 21 heavy (non-hydrogen) atoms. The van der Waals surface area contributed by atoms with E-state index in [9.17, 15) is 4.79 Å². The minimum atomic E-state index is -0.0545. The molecule has 0 radical (unpaired) electrons. The number of benzene rings is 2. The van der Waals surface area contributed by atoms with Crippen LogP contribution in [-0.4, -0.2) is 12.9 Å². The van der Waals surface area contributed by atoms with Crippen LogP contribution >= 0.6 is 0 Å². The predicted molar refractivity (Wildman–Crippen MR) is 86.2 cm³/mol. The minimum absolute atomic E-state index is 0.0545. The van der Waals surface area contributed by atoms with Crippen molar-refractivity contribution in [3.63, 3.8) is 0 Å². The van der Waals surface area contributed by atoms with Crippen molar-refractivity contribution < 1.29 is 9.53 Å². The number of rotatable bonds is 5. The van der Waals surface area contributed by atoms with Crippen molar-refractivity contribution in [2.45, 2.75) is 32.6 Å². The Morgan fingerprint density at radius 2 is 1.76 bits per heavy atom. The first-order chi connectivity index (χ1) is 10.0. The van der Waals surface area contributed by atoms with Gasteiger partial charge < -0.3 is 4.74 Å². The lowest BCUT2D eigenvalue weighted by Crippen LogP contribution is -2.15. The second kappa shape index (κ2) is 6.57. The van der Waals surface area contributed by atoms with Crippen LogP contribution < -0.4 is 4.74 Å². The van der Waals surface area contributed by atoms with E-state index in [1.54, 1.807) is 6.07 Å². The Hall–Kier alpha value is -2.09. The van der Waals surface area contributed by atoms with E-state index in [1.807, 2.05) is 30.3 Å². The lowest BCUT2D eigenvalue weighted by Gasteiger charge is -2.23. The van der Waals surface area contributed by atoms with Crippen LogP contribution in [0.15, 0.2) is 48.5 Å². The molecule has 2 nitrogen and oxygen atoms in total. The van der Waals surface area contributed by atoms with Crippen molar-refractivity contribution in [2.75, 3.05) is 6.61 Å². The van der Waals surface area contributed by atoms with Gasteiger partial charge in [0.25, 0.3) is 0 Å². The van der Waals surface area contributed by atoms with Gasteiger partial charge in [-0.2, -0.15) is 0 Å². The second-order valence-electron chi connectivity index (χ2n) is 6.21. The highest BCUT2D eigenvalue weighted by Gasteiger charge is 2.19. The molecule has 0 aliphatic rings. The Morgan fingerprint density at radius 1 is 1.05 bits per heavy atom. The molecule has 0 fully saturated rings. The van der Waals surface area contributed by atoms with Crippen LogP contribution in [0, 0.1) is 0 Å². The van der Waals surface area contributed by atoms with Crippen LogP contribution in [0.1, 0.15) is 42.3 Å². The normalized spacial score (nSPS) is 11.2. The molecule has 0 saturated heterocycles. The van der Waals surface area contributed by atoms with Crippen LogP contribution in [0.3, 0.4) is 0 Å². The zero-order chi connectivity index (χ0) is 15.3. The Bertz CT molecular complexity index is 595. The number of aldehydes is 1. The summed E-state index contributed by atoms with van der Waals surface area (Å²) in [5.74, 6) is 0.865. The van der Waals surface area contributed by atoms with E-state index in [-0.39, 0.29) is 5.41 Å². The molecule has 0 N–H and O–H groups in total. The summed E-state index contributed by atoms with van der Waals surface area (Å²) in [5.41, 5.74) is 2.97. The lowest BCUT2D eigenvalue weighted by molar-refractivity contribution is 0.112. The number of carbonyl (C=O) groups excluding carboxylic acids is 1. The van der Waals surface area contributed by atoms with E-state index in [0.29, 0.717) is 12.2 Å². The SMILES string of the molecule is CC(C)(C)c1cc(C=O)ccc1OCCc1ccccc1. The van der Waals surface area contributed by atoms with Gasteiger partial charge >= 0.3 is 0 Å². The first-order valence-electron chi connectivity index (χ1n) is 7.27. The molecular formula is C19H22O2. The lowest BCUT2D eigenvalue weighted by atomic mass is 9.85. The van der Waals surface area contributed by atoms with E-state index in [4.69, 9.17) is 4.74 Å². The number of hydrogen-bond donors (Lipinski definition) is 0. The van der Waals surface area contributed by atoms with E-state index < -0.39 is 0 Å². The van der Waals surface area contributed by atoms with Gasteiger partial charge in [0.1, 0.15) is 12.0 Å². The molecule has 0 amide bonds. The van der Waals surface area contributed by atoms with Crippen LogP contribution in [0.4, 0.5) is 0 Å². The number of carbonyl (C=O) groups is 1. The van der Waals surface area contributed by atoms with Gasteiger partial charge in [-0.3, -0.25) is 4.79 Å². The quantitative estimate of drug-likeness (QED) is 0.759. The van der Waals surface area contributed by atoms with Crippen molar-refractivity contribution in [3.05, 3.63) is 65.2 Å². The molecule has 2 rings (SSSR count). The molecular weight excluding hydrogens is 260 g/mol. The zero-order valence-electron chi connectivity index (χ0n) is 12.9. The van der Waals surface area contributed by atoms with Gasteiger partial charge in [0, 0.05) is 17.5 Å². The van der Waals surface area contributed by atoms with Crippen molar-refractivity contribution >= 4 is 6.29 Å². The van der Waals surface area contributed by atoms with Crippen molar-refractivity contribution in [3.8, 4) is 5.75 Å². The predicted octanol–water partition coefficient (Wildman–Crippen LogP) is 4.42. The molecule has 2 aromatic carbocycles. The van der Waals surface area contributed by atoms with Crippen LogP contribution in [0.25, 0.3) is 0 Å². The first-order valence-corrected chi connectivity index (χ1v) is 7.27. The van der Waals surface area contributed by atoms with E-state index in [2.05, 4.69) is 32.9 Å². The van der Waals surface area contributed by atoms with Crippen LogP contribution in [0.5, 0.6) is 5.75 Å². The summed E-state index contributed by atoms with van der Waals surface area (Å²) in [6.45, 7) is 7.01. The topological polar surface area (TPSA) is 26.3 Å². The highest BCUT2D eigenvalue weighted by atomic mass is 16.5. The van der Waals surface area contributed by atoms with Crippen LogP contribution in [-0.2, 0) is 11.8 Å². The Kier molecular flexibility index (Phi) is 4.79. The number of hydrogen-bond acceptors (Lipinski definition) is 2. The maximum atomic E-state index is 11.0. The summed E-state index contributed by atoms with van der Waals surface area (Å²) in [6.07, 6.45) is 1.75. The average Bonchev–Trinajstić information content (AvgIpc) is 2.47. The third kappa shape index (κ3) is 4.19. The summed E-state index contributed by atoms with van der Waals surface area (Å²) in [5, 5.41) is 0. The zero-order valence-corrected chi connectivity index (χ0v) is 12.9. The first kappa shape index (κ1) is 15.3.